The van der Waals surface area contributed by atoms with Gasteiger partial charge >= 0.3 is 0 Å². The van der Waals surface area contributed by atoms with Gasteiger partial charge in [-0.15, -0.1) is 0 Å². The van der Waals surface area contributed by atoms with E-state index in [0.717, 1.165) is 38.9 Å². The summed E-state index contributed by atoms with van der Waals surface area (Å²) >= 11 is 0. The van der Waals surface area contributed by atoms with E-state index in [4.69, 9.17) is 0 Å². The second-order valence-electron chi connectivity index (χ2n) is 5.63. The van der Waals surface area contributed by atoms with Crippen molar-refractivity contribution in [1.29, 1.82) is 0 Å². The summed E-state index contributed by atoms with van der Waals surface area (Å²) in [6, 6.07) is 8.58. The summed E-state index contributed by atoms with van der Waals surface area (Å²) in [4.78, 5) is 14.6. The fraction of sp³-hybridized carbons (Fsp3) is 0.562. The Labute approximate surface area is 115 Å². The number of rotatable bonds is 1. The van der Waals surface area contributed by atoms with E-state index in [1.54, 1.807) is 0 Å². The summed E-state index contributed by atoms with van der Waals surface area (Å²) in [6.07, 6.45) is 5.55. The average molecular weight is 258 g/mol. The molecule has 1 amide bonds. The number of hydrogen-bond acceptors (Lipinski definition) is 2. The Hall–Kier alpha value is -1.35. The maximum absolute atomic E-state index is 12.6. The molecular weight excluding hydrogens is 236 g/mol. The van der Waals surface area contributed by atoms with Crippen molar-refractivity contribution in [3.05, 3.63) is 35.4 Å². The number of carbonyl (C=O) groups excluding carboxylic acids is 1. The van der Waals surface area contributed by atoms with Gasteiger partial charge in [-0.25, -0.2) is 0 Å². The first kappa shape index (κ1) is 12.7. The number of amides is 1. The van der Waals surface area contributed by atoms with Crippen molar-refractivity contribution in [2.45, 2.75) is 44.7 Å². The van der Waals surface area contributed by atoms with E-state index in [9.17, 15) is 4.79 Å². The van der Waals surface area contributed by atoms with E-state index in [0.29, 0.717) is 5.91 Å². The van der Waals surface area contributed by atoms with Crippen LogP contribution in [-0.2, 0) is 17.8 Å². The van der Waals surface area contributed by atoms with Gasteiger partial charge in [0.1, 0.15) is 0 Å². The number of aryl methyl sites for hydroxylation is 1. The third-order valence-corrected chi connectivity index (χ3v) is 4.27. The van der Waals surface area contributed by atoms with Gasteiger partial charge in [-0.2, -0.15) is 0 Å². The van der Waals surface area contributed by atoms with Crippen molar-refractivity contribution in [2.75, 3.05) is 13.1 Å². The minimum Gasteiger partial charge on any atom is -0.337 e. The lowest BCUT2D eigenvalue weighted by Gasteiger charge is -2.29. The highest BCUT2D eigenvalue weighted by molar-refractivity contribution is 5.82. The van der Waals surface area contributed by atoms with Crippen molar-refractivity contribution in [3.8, 4) is 0 Å². The highest BCUT2D eigenvalue weighted by Gasteiger charge is 2.26. The smallest absolute Gasteiger partial charge is 0.240 e. The third kappa shape index (κ3) is 2.81. The van der Waals surface area contributed by atoms with E-state index >= 15 is 0 Å². The third-order valence-electron chi connectivity index (χ3n) is 4.27. The van der Waals surface area contributed by atoms with Gasteiger partial charge in [0.2, 0.25) is 5.91 Å². The molecule has 2 heterocycles. The van der Waals surface area contributed by atoms with Crippen LogP contribution < -0.4 is 5.32 Å². The Kier molecular flexibility index (Phi) is 3.83. The van der Waals surface area contributed by atoms with Crippen molar-refractivity contribution in [2.24, 2.45) is 0 Å². The van der Waals surface area contributed by atoms with Crippen LogP contribution in [0.3, 0.4) is 0 Å². The number of fused-ring (bicyclic) bond motifs is 1. The van der Waals surface area contributed by atoms with E-state index in [-0.39, 0.29) is 6.04 Å². The lowest BCUT2D eigenvalue weighted by molar-refractivity contribution is -0.134. The van der Waals surface area contributed by atoms with Crippen molar-refractivity contribution in [1.82, 2.24) is 10.2 Å². The standard InChI is InChI=1S/C16H22N2O/c19-16(15-9-3-4-10-17-15)18-11-5-8-13-6-1-2-7-14(13)12-18/h1-2,6-7,15,17H,3-5,8-12H2/t15-/m0/s1. The molecule has 3 nitrogen and oxygen atoms in total. The van der Waals surface area contributed by atoms with Gasteiger partial charge < -0.3 is 10.2 Å². The topological polar surface area (TPSA) is 32.3 Å². The molecule has 1 fully saturated rings. The molecule has 2 aliphatic rings. The van der Waals surface area contributed by atoms with Crippen LogP contribution in [0.15, 0.2) is 24.3 Å². The van der Waals surface area contributed by atoms with Gasteiger partial charge in [-0.05, 0) is 43.4 Å². The van der Waals surface area contributed by atoms with Crippen LogP contribution in [0.25, 0.3) is 0 Å². The lowest BCUT2D eigenvalue weighted by atomic mass is 10.0. The largest absolute Gasteiger partial charge is 0.337 e. The number of nitrogens with zero attached hydrogens (tertiary/aromatic N) is 1. The van der Waals surface area contributed by atoms with Gasteiger partial charge in [0.05, 0.1) is 6.04 Å². The summed E-state index contributed by atoms with van der Waals surface area (Å²) in [5, 5.41) is 3.37. The maximum atomic E-state index is 12.6. The summed E-state index contributed by atoms with van der Waals surface area (Å²) in [5.41, 5.74) is 2.73. The molecule has 1 saturated heterocycles. The fourth-order valence-corrected chi connectivity index (χ4v) is 3.17. The summed E-state index contributed by atoms with van der Waals surface area (Å²) < 4.78 is 0. The molecule has 0 aliphatic carbocycles. The normalized spacial score (nSPS) is 23.6. The zero-order valence-electron chi connectivity index (χ0n) is 11.4. The molecular formula is C16H22N2O. The molecule has 0 unspecified atom stereocenters. The molecule has 2 aliphatic heterocycles. The average Bonchev–Trinajstić information content (AvgIpc) is 2.69. The van der Waals surface area contributed by atoms with Gasteiger partial charge in [0.25, 0.3) is 0 Å². The summed E-state index contributed by atoms with van der Waals surface area (Å²) in [5.74, 6) is 0.302. The number of carbonyl (C=O) groups is 1. The van der Waals surface area contributed by atoms with Crippen molar-refractivity contribution >= 4 is 5.91 Å². The SMILES string of the molecule is O=C([C@@H]1CCCCN1)N1CCCc2ccccc2C1. The molecule has 19 heavy (non-hydrogen) atoms. The fourth-order valence-electron chi connectivity index (χ4n) is 3.17. The summed E-state index contributed by atoms with van der Waals surface area (Å²) in [7, 11) is 0. The predicted octanol–water partition coefficient (Wildman–Crippen LogP) is 2.10. The first-order valence-corrected chi connectivity index (χ1v) is 7.43. The van der Waals surface area contributed by atoms with Crippen LogP contribution in [0, 0.1) is 0 Å². The maximum Gasteiger partial charge on any atom is 0.240 e. The molecule has 1 atom stereocenters. The minimum atomic E-state index is 0.0546. The first-order chi connectivity index (χ1) is 9.34. The second kappa shape index (κ2) is 5.74. The number of hydrogen-bond donors (Lipinski definition) is 1. The molecule has 0 bridgehead atoms. The molecule has 0 spiro atoms. The van der Waals surface area contributed by atoms with E-state index in [1.165, 1.54) is 24.0 Å². The monoisotopic (exact) mass is 258 g/mol. The predicted molar refractivity (Wildman–Crippen MR) is 75.8 cm³/mol. The molecule has 3 rings (SSSR count). The van der Waals surface area contributed by atoms with Gasteiger partial charge in [0.15, 0.2) is 0 Å². The Bertz CT molecular complexity index is 452. The number of benzene rings is 1. The van der Waals surface area contributed by atoms with Crippen LogP contribution >= 0.6 is 0 Å². The quantitative estimate of drug-likeness (QED) is 0.836. The van der Waals surface area contributed by atoms with Crippen molar-refractivity contribution in [3.63, 3.8) is 0 Å². The zero-order chi connectivity index (χ0) is 13.1. The molecule has 1 aromatic rings. The highest BCUT2D eigenvalue weighted by Crippen LogP contribution is 2.20. The number of piperidine rings is 1. The highest BCUT2D eigenvalue weighted by atomic mass is 16.2. The van der Waals surface area contributed by atoms with Crippen LogP contribution in [0.4, 0.5) is 0 Å². The van der Waals surface area contributed by atoms with Gasteiger partial charge in [-0.3, -0.25) is 4.79 Å². The Morgan fingerprint density at radius 2 is 2.00 bits per heavy atom. The zero-order valence-corrected chi connectivity index (χ0v) is 11.4. The molecule has 1 N–H and O–H groups in total. The molecule has 0 aromatic heterocycles. The summed E-state index contributed by atoms with van der Waals surface area (Å²) in [6.45, 7) is 2.67. The second-order valence-corrected chi connectivity index (χ2v) is 5.63. The van der Waals surface area contributed by atoms with Crippen LogP contribution in [0.5, 0.6) is 0 Å². The number of nitrogens with one attached hydrogen (secondary N) is 1. The Morgan fingerprint density at radius 3 is 2.79 bits per heavy atom. The molecule has 0 radical (unpaired) electrons. The lowest BCUT2D eigenvalue weighted by Crippen LogP contribution is -2.48. The molecule has 102 valence electrons. The van der Waals surface area contributed by atoms with E-state index in [1.807, 2.05) is 0 Å². The minimum absolute atomic E-state index is 0.0546. The van der Waals surface area contributed by atoms with Crippen LogP contribution in [0.2, 0.25) is 0 Å². The molecule has 0 saturated carbocycles. The molecule has 3 heteroatoms. The van der Waals surface area contributed by atoms with Crippen LogP contribution in [0.1, 0.15) is 36.8 Å². The first-order valence-electron chi connectivity index (χ1n) is 7.43. The molecule has 1 aromatic carbocycles. The van der Waals surface area contributed by atoms with Gasteiger partial charge in [-0.1, -0.05) is 30.7 Å². The van der Waals surface area contributed by atoms with Gasteiger partial charge in [0, 0.05) is 13.1 Å². The van der Waals surface area contributed by atoms with E-state index in [2.05, 4.69) is 34.5 Å². The van der Waals surface area contributed by atoms with Crippen LogP contribution in [-0.4, -0.2) is 29.9 Å². The van der Waals surface area contributed by atoms with E-state index < -0.39 is 0 Å². The Balaban J connectivity index is 1.73. The van der Waals surface area contributed by atoms with Crippen molar-refractivity contribution < 1.29 is 4.79 Å². The Morgan fingerprint density at radius 1 is 1.16 bits per heavy atom.